The predicted molar refractivity (Wildman–Crippen MR) is 71.8 cm³/mol. The van der Waals surface area contributed by atoms with Crippen LogP contribution in [0.4, 0.5) is 10.1 Å². The van der Waals surface area contributed by atoms with Crippen molar-refractivity contribution in [1.29, 1.82) is 0 Å². The number of benzene rings is 1. The van der Waals surface area contributed by atoms with Crippen LogP contribution in [0.2, 0.25) is 0 Å². The molecule has 6 heteroatoms. The summed E-state index contributed by atoms with van der Waals surface area (Å²) in [5, 5.41) is 2.47. The van der Waals surface area contributed by atoms with Gasteiger partial charge in [-0.3, -0.25) is 4.79 Å². The van der Waals surface area contributed by atoms with Crippen molar-refractivity contribution in [3.63, 3.8) is 0 Å². The topological polar surface area (TPSA) is 64.3 Å². The molecule has 0 aliphatic heterocycles. The quantitative estimate of drug-likeness (QED) is 0.791. The summed E-state index contributed by atoms with van der Waals surface area (Å²) < 4.78 is 19.0. The number of rotatable bonds is 6. The Hall–Kier alpha value is -0.980. The lowest BCUT2D eigenvalue weighted by atomic mass is 10.1. The number of nitrogens with two attached hydrogens (primary N) is 1. The first-order valence-corrected chi connectivity index (χ1v) is 6.34. The molecule has 1 aromatic carbocycles. The van der Waals surface area contributed by atoms with Crippen LogP contribution in [0.3, 0.4) is 0 Å². The van der Waals surface area contributed by atoms with Crippen LogP contribution in [0, 0.1) is 5.82 Å². The smallest absolute Gasteiger partial charge is 0.241 e. The van der Waals surface area contributed by atoms with Gasteiger partial charge in [0.1, 0.15) is 5.82 Å². The SMILES string of the molecule is COCCCC(N)C(=O)Nc1cc(Br)ccc1F. The van der Waals surface area contributed by atoms with Gasteiger partial charge in [0.2, 0.25) is 5.91 Å². The highest BCUT2D eigenvalue weighted by Crippen LogP contribution is 2.20. The molecular formula is C12H16BrFN2O2. The largest absolute Gasteiger partial charge is 0.385 e. The van der Waals surface area contributed by atoms with Crippen LogP contribution >= 0.6 is 15.9 Å². The van der Waals surface area contributed by atoms with Crippen LogP contribution in [0.25, 0.3) is 0 Å². The van der Waals surface area contributed by atoms with Gasteiger partial charge in [-0.25, -0.2) is 4.39 Å². The zero-order valence-corrected chi connectivity index (χ0v) is 11.7. The van der Waals surface area contributed by atoms with Gasteiger partial charge in [0, 0.05) is 18.2 Å². The van der Waals surface area contributed by atoms with Gasteiger partial charge in [-0.1, -0.05) is 15.9 Å². The molecule has 100 valence electrons. The zero-order valence-electron chi connectivity index (χ0n) is 10.1. The molecule has 0 aliphatic rings. The van der Waals surface area contributed by atoms with Gasteiger partial charge >= 0.3 is 0 Å². The van der Waals surface area contributed by atoms with Crippen molar-refractivity contribution in [2.24, 2.45) is 5.73 Å². The van der Waals surface area contributed by atoms with E-state index in [0.29, 0.717) is 23.9 Å². The summed E-state index contributed by atoms with van der Waals surface area (Å²) in [5.41, 5.74) is 5.81. The molecule has 0 bridgehead atoms. The normalized spacial score (nSPS) is 12.2. The van der Waals surface area contributed by atoms with E-state index in [9.17, 15) is 9.18 Å². The van der Waals surface area contributed by atoms with Gasteiger partial charge in [-0.15, -0.1) is 0 Å². The summed E-state index contributed by atoms with van der Waals surface area (Å²) in [6.07, 6.45) is 1.18. The Bertz CT molecular complexity index is 415. The molecule has 1 atom stereocenters. The van der Waals surface area contributed by atoms with E-state index in [2.05, 4.69) is 21.2 Å². The second kappa shape index (κ2) is 7.45. The summed E-state index contributed by atoms with van der Waals surface area (Å²) in [6.45, 7) is 0.548. The maximum Gasteiger partial charge on any atom is 0.241 e. The molecule has 1 aromatic rings. The van der Waals surface area contributed by atoms with E-state index >= 15 is 0 Å². The highest BCUT2D eigenvalue weighted by atomic mass is 79.9. The number of carbonyl (C=O) groups excluding carboxylic acids is 1. The minimum Gasteiger partial charge on any atom is -0.385 e. The van der Waals surface area contributed by atoms with E-state index in [-0.39, 0.29) is 5.69 Å². The molecule has 1 rings (SSSR count). The van der Waals surface area contributed by atoms with Crippen molar-refractivity contribution in [3.05, 3.63) is 28.5 Å². The third-order valence-electron chi connectivity index (χ3n) is 2.39. The van der Waals surface area contributed by atoms with Crippen LogP contribution in [-0.4, -0.2) is 25.7 Å². The molecule has 0 radical (unpaired) electrons. The molecule has 18 heavy (non-hydrogen) atoms. The maximum absolute atomic E-state index is 13.4. The van der Waals surface area contributed by atoms with Crippen LogP contribution in [0.15, 0.2) is 22.7 Å². The Morgan fingerprint density at radius 3 is 3.00 bits per heavy atom. The summed E-state index contributed by atoms with van der Waals surface area (Å²) in [6, 6.07) is 3.66. The number of methoxy groups -OCH3 is 1. The molecule has 0 aromatic heterocycles. The zero-order chi connectivity index (χ0) is 13.5. The molecule has 0 heterocycles. The molecule has 1 amide bonds. The highest BCUT2D eigenvalue weighted by molar-refractivity contribution is 9.10. The number of halogens is 2. The van der Waals surface area contributed by atoms with E-state index in [0.717, 1.165) is 0 Å². The average molecular weight is 319 g/mol. The van der Waals surface area contributed by atoms with Crippen LogP contribution in [-0.2, 0) is 9.53 Å². The highest BCUT2D eigenvalue weighted by Gasteiger charge is 2.15. The van der Waals surface area contributed by atoms with Crippen molar-refractivity contribution in [1.82, 2.24) is 0 Å². The molecule has 0 spiro atoms. The number of carbonyl (C=O) groups is 1. The number of hydrogen-bond acceptors (Lipinski definition) is 3. The second-order valence-electron chi connectivity index (χ2n) is 3.85. The van der Waals surface area contributed by atoms with Gasteiger partial charge in [0.05, 0.1) is 11.7 Å². The molecule has 0 fully saturated rings. The third-order valence-corrected chi connectivity index (χ3v) is 2.88. The Morgan fingerprint density at radius 2 is 2.33 bits per heavy atom. The molecule has 0 aliphatic carbocycles. The third kappa shape index (κ3) is 4.72. The number of hydrogen-bond donors (Lipinski definition) is 2. The van der Waals surface area contributed by atoms with Gasteiger partial charge < -0.3 is 15.8 Å². The van der Waals surface area contributed by atoms with E-state index in [4.69, 9.17) is 10.5 Å². The number of ether oxygens (including phenoxy) is 1. The van der Waals surface area contributed by atoms with E-state index < -0.39 is 17.8 Å². The Balaban J connectivity index is 2.55. The summed E-state index contributed by atoms with van der Waals surface area (Å²) in [7, 11) is 1.59. The standard InChI is InChI=1S/C12H16BrFN2O2/c1-18-6-2-3-10(15)12(17)16-11-7-8(13)4-5-9(11)14/h4-5,7,10H,2-3,6,15H2,1H3,(H,16,17). The van der Waals surface area contributed by atoms with Crippen molar-refractivity contribution in [2.45, 2.75) is 18.9 Å². The van der Waals surface area contributed by atoms with E-state index in [1.165, 1.54) is 12.1 Å². The van der Waals surface area contributed by atoms with E-state index in [1.807, 2.05) is 0 Å². The van der Waals surface area contributed by atoms with Gasteiger partial charge in [-0.05, 0) is 31.0 Å². The fraction of sp³-hybridized carbons (Fsp3) is 0.417. The van der Waals surface area contributed by atoms with E-state index in [1.54, 1.807) is 13.2 Å². The van der Waals surface area contributed by atoms with Crippen LogP contribution < -0.4 is 11.1 Å². The lowest BCUT2D eigenvalue weighted by Gasteiger charge is -2.12. The second-order valence-corrected chi connectivity index (χ2v) is 4.77. The fourth-order valence-electron chi connectivity index (χ4n) is 1.40. The van der Waals surface area contributed by atoms with Gasteiger partial charge in [-0.2, -0.15) is 0 Å². The number of anilines is 1. The lowest BCUT2D eigenvalue weighted by molar-refractivity contribution is -0.117. The molecule has 3 N–H and O–H groups in total. The van der Waals surface area contributed by atoms with Crippen molar-refractivity contribution < 1.29 is 13.9 Å². The lowest BCUT2D eigenvalue weighted by Crippen LogP contribution is -2.36. The molecule has 0 saturated carbocycles. The van der Waals surface area contributed by atoms with Gasteiger partial charge in [0.15, 0.2) is 0 Å². The fourth-order valence-corrected chi connectivity index (χ4v) is 1.76. The van der Waals surface area contributed by atoms with Crippen LogP contribution in [0.5, 0.6) is 0 Å². The molecule has 1 unspecified atom stereocenters. The summed E-state index contributed by atoms with van der Waals surface area (Å²) in [5.74, 6) is -0.890. The summed E-state index contributed by atoms with van der Waals surface area (Å²) in [4.78, 5) is 11.7. The predicted octanol–water partition coefficient (Wildman–Crippen LogP) is 2.28. The molecular weight excluding hydrogens is 303 g/mol. The van der Waals surface area contributed by atoms with Crippen molar-refractivity contribution >= 4 is 27.5 Å². The first-order valence-electron chi connectivity index (χ1n) is 5.55. The van der Waals surface area contributed by atoms with Crippen LogP contribution in [0.1, 0.15) is 12.8 Å². The average Bonchev–Trinajstić information content (AvgIpc) is 2.34. The molecule has 0 saturated heterocycles. The number of amides is 1. The maximum atomic E-state index is 13.4. The van der Waals surface area contributed by atoms with Gasteiger partial charge in [0.25, 0.3) is 0 Å². The Kier molecular flexibility index (Phi) is 6.24. The first kappa shape index (κ1) is 15.1. The van der Waals surface area contributed by atoms with Crippen molar-refractivity contribution in [3.8, 4) is 0 Å². The minimum atomic E-state index is -0.668. The summed E-state index contributed by atoms with van der Waals surface area (Å²) >= 11 is 3.21. The Labute approximate surface area is 114 Å². The minimum absolute atomic E-state index is 0.122. The monoisotopic (exact) mass is 318 g/mol. The first-order chi connectivity index (χ1) is 8.54. The Morgan fingerprint density at radius 1 is 1.61 bits per heavy atom. The molecule has 4 nitrogen and oxygen atoms in total. The number of nitrogens with one attached hydrogen (secondary N) is 1. The van der Waals surface area contributed by atoms with Crippen molar-refractivity contribution in [2.75, 3.05) is 19.0 Å².